The normalized spacial score (nSPS) is 24.0. The fourth-order valence-corrected chi connectivity index (χ4v) is 3.31. The van der Waals surface area contributed by atoms with Crippen molar-refractivity contribution in [2.24, 2.45) is 24.8 Å². The molecule has 1 aromatic heterocycles. The molecule has 1 heterocycles. The summed E-state index contributed by atoms with van der Waals surface area (Å²) in [6, 6.07) is 0. The van der Waals surface area contributed by atoms with Crippen LogP contribution in [0.25, 0.3) is 0 Å². The van der Waals surface area contributed by atoms with Gasteiger partial charge in [0.25, 0.3) is 0 Å². The lowest BCUT2D eigenvalue weighted by Gasteiger charge is -2.25. The summed E-state index contributed by atoms with van der Waals surface area (Å²) < 4.78 is 1.82. The van der Waals surface area contributed by atoms with Crippen molar-refractivity contribution in [3.63, 3.8) is 0 Å². The minimum absolute atomic E-state index is 0.735. The van der Waals surface area contributed by atoms with Crippen LogP contribution in [0.5, 0.6) is 0 Å². The van der Waals surface area contributed by atoms with Crippen LogP contribution in [0.4, 0.5) is 0 Å². The van der Waals surface area contributed by atoms with Gasteiger partial charge in [-0.3, -0.25) is 4.68 Å². The quantitative estimate of drug-likeness (QED) is 0.814. The van der Waals surface area contributed by atoms with Crippen LogP contribution in [0, 0.1) is 17.8 Å². The SMILES string of the molecule is CC(C)CNCC1CCCCCC1Cc1cn(C)nn1. The van der Waals surface area contributed by atoms with Crippen LogP contribution in [-0.2, 0) is 13.5 Å². The zero-order chi connectivity index (χ0) is 14.4. The third-order valence-electron chi connectivity index (χ3n) is 4.40. The first kappa shape index (κ1) is 15.5. The molecule has 0 radical (unpaired) electrons. The number of aryl methyl sites for hydroxylation is 1. The molecule has 1 aliphatic carbocycles. The maximum Gasteiger partial charge on any atom is 0.0829 e. The van der Waals surface area contributed by atoms with Gasteiger partial charge in [-0.2, -0.15) is 0 Å². The van der Waals surface area contributed by atoms with Crippen molar-refractivity contribution < 1.29 is 0 Å². The third kappa shape index (κ3) is 4.89. The Kier molecular flexibility index (Phi) is 6.02. The van der Waals surface area contributed by atoms with Gasteiger partial charge in [0.1, 0.15) is 0 Å². The van der Waals surface area contributed by atoms with Crippen LogP contribution in [-0.4, -0.2) is 28.1 Å². The van der Waals surface area contributed by atoms with E-state index in [1.807, 2.05) is 11.7 Å². The van der Waals surface area contributed by atoms with Gasteiger partial charge < -0.3 is 5.32 Å². The summed E-state index contributed by atoms with van der Waals surface area (Å²) in [5, 5.41) is 12.0. The summed E-state index contributed by atoms with van der Waals surface area (Å²) in [6.07, 6.45) is 10.1. The largest absolute Gasteiger partial charge is 0.316 e. The van der Waals surface area contributed by atoms with Crippen molar-refractivity contribution in [1.29, 1.82) is 0 Å². The molecule has 2 rings (SSSR count). The lowest BCUT2D eigenvalue weighted by atomic mass is 9.84. The summed E-state index contributed by atoms with van der Waals surface area (Å²) in [5.41, 5.74) is 1.16. The lowest BCUT2D eigenvalue weighted by Crippen LogP contribution is -2.31. The van der Waals surface area contributed by atoms with E-state index in [1.54, 1.807) is 0 Å². The van der Waals surface area contributed by atoms with Gasteiger partial charge in [-0.05, 0) is 50.1 Å². The smallest absolute Gasteiger partial charge is 0.0829 e. The summed E-state index contributed by atoms with van der Waals surface area (Å²) in [6.45, 7) is 6.85. The molecule has 2 atom stereocenters. The van der Waals surface area contributed by atoms with Crippen LogP contribution in [0.1, 0.15) is 51.6 Å². The summed E-state index contributed by atoms with van der Waals surface area (Å²) in [4.78, 5) is 0. The molecule has 1 fully saturated rings. The molecule has 2 unspecified atom stereocenters. The molecular weight excluding hydrogens is 248 g/mol. The third-order valence-corrected chi connectivity index (χ3v) is 4.40. The second kappa shape index (κ2) is 7.77. The summed E-state index contributed by atoms with van der Waals surface area (Å²) >= 11 is 0. The molecule has 1 N–H and O–H groups in total. The minimum atomic E-state index is 0.735. The zero-order valence-corrected chi connectivity index (χ0v) is 13.3. The van der Waals surface area contributed by atoms with E-state index in [9.17, 15) is 0 Å². The van der Waals surface area contributed by atoms with Gasteiger partial charge in [0.2, 0.25) is 0 Å². The molecule has 0 saturated heterocycles. The molecule has 1 saturated carbocycles. The van der Waals surface area contributed by atoms with E-state index in [4.69, 9.17) is 0 Å². The molecule has 0 amide bonds. The first-order chi connectivity index (χ1) is 9.65. The van der Waals surface area contributed by atoms with Crippen LogP contribution < -0.4 is 5.32 Å². The van der Waals surface area contributed by atoms with E-state index in [1.165, 1.54) is 38.6 Å². The lowest BCUT2D eigenvalue weighted by molar-refractivity contribution is 0.292. The van der Waals surface area contributed by atoms with E-state index < -0.39 is 0 Å². The molecule has 0 spiro atoms. The molecule has 4 heteroatoms. The van der Waals surface area contributed by atoms with Gasteiger partial charge in [0.15, 0.2) is 0 Å². The second-order valence-corrected chi connectivity index (χ2v) is 6.80. The summed E-state index contributed by atoms with van der Waals surface area (Å²) in [7, 11) is 1.95. The average Bonchev–Trinajstić information content (AvgIpc) is 2.67. The fraction of sp³-hybridized carbons (Fsp3) is 0.875. The Hall–Kier alpha value is -0.900. The fourth-order valence-electron chi connectivity index (χ4n) is 3.31. The van der Waals surface area contributed by atoms with Gasteiger partial charge in [0.05, 0.1) is 5.69 Å². The van der Waals surface area contributed by atoms with Crippen molar-refractivity contribution in [1.82, 2.24) is 20.3 Å². The topological polar surface area (TPSA) is 42.7 Å². The van der Waals surface area contributed by atoms with E-state index in [0.29, 0.717) is 0 Å². The Bertz CT molecular complexity index is 386. The van der Waals surface area contributed by atoms with Crippen LogP contribution in [0.2, 0.25) is 0 Å². The number of nitrogens with zero attached hydrogens (tertiary/aromatic N) is 3. The van der Waals surface area contributed by atoms with Crippen molar-refractivity contribution >= 4 is 0 Å². The number of rotatable bonds is 6. The standard InChI is InChI=1S/C16H30N4/c1-13(2)10-17-11-15-8-6-4-5-7-14(15)9-16-12-20(3)19-18-16/h12-15,17H,4-11H2,1-3H3. The Morgan fingerprint density at radius 2 is 2.00 bits per heavy atom. The maximum atomic E-state index is 4.28. The van der Waals surface area contributed by atoms with Crippen LogP contribution in [0.15, 0.2) is 6.20 Å². The van der Waals surface area contributed by atoms with E-state index in [0.717, 1.165) is 36.4 Å². The average molecular weight is 278 g/mol. The van der Waals surface area contributed by atoms with E-state index >= 15 is 0 Å². The van der Waals surface area contributed by atoms with Crippen molar-refractivity contribution in [3.8, 4) is 0 Å². The van der Waals surface area contributed by atoms with Gasteiger partial charge in [-0.1, -0.05) is 38.3 Å². The Balaban J connectivity index is 1.90. The number of hydrogen-bond acceptors (Lipinski definition) is 3. The second-order valence-electron chi connectivity index (χ2n) is 6.80. The Labute approximate surface area is 123 Å². The molecule has 1 aromatic rings. The predicted octanol–water partition coefficient (Wildman–Crippen LogP) is 2.80. The number of nitrogens with one attached hydrogen (secondary N) is 1. The highest BCUT2D eigenvalue weighted by Gasteiger charge is 2.24. The van der Waals surface area contributed by atoms with Gasteiger partial charge in [0, 0.05) is 13.2 Å². The molecule has 0 bridgehead atoms. The van der Waals surface area contributed by atoms with Gasteiger partial charge in [-0.15, -0.1) is 5.10 Å². The highest BCUT2D eigenvalue weighted by Crippen LogP contribution is 2.30. The van der Waals surface area contributed by atoms with E-state index in [-0.39, 0.29) is 0 Å². The summed E-state index contributed by atoms with van der Waals surface area (Å²) in [5.74, 6) is 2.31. The molecule has 0 aromatic carbocycles. The number of aromatic nitrogens is 3. The first-order valence-corrected chi connectivity index (χ1v) is 8.21. The predicted molar refractivity (Wildman–Crippen MR) is 82.5 cm³/mol. The number of hydrogen-bond donors (Lipinski definition) is 1. The van der Waals surface area contributed by atoms with Crippen molar-refractivity contribution in [2.75, 3.05) is 13.1 Å². The van der Waals surface area contributed by atoms with Gasteiger partial charge in [-0.25, -0.2) is 0 Å². The Morgan fingerprint density at radius 3 is 2.65 bits per heavy atom. The Morgan fingerprint density at radius 1 is 1.25 bits per heavy atom. The van der Waals surface area contributed by atoms with Gasteiger partial charge >= 0.3 is 0 Å². The van der Waals surface area contributed by atoms with Crippen LogP contribution >= 0.6 is 0 Å². The maximum absolute atomic E-state index is 4.28. The highest BCUT2D eigenvalue weighted by atomic mass is 15.4. The van der Waals surface area contributed by atoms with E-state index in [2.05, 4.69) is 35.7 Å². The molecule has 20 heavy (non-hydrogen) atoms. The molecule has 1 aliphatic rings. The minimum Gasteiger partial charge on any atom is -0.316 e. The first-order valence-electron chi connectivity index (χ1n) is 8.21. The molecule has 114 valence electrons. The monoisotopic (exact) mass is 278 g/mol. The van der Waals surface area contributed by atoms with Crippen molar-refractivity contribution in [2.45, 2.75) is 52.4 Å². The molecular formula is C16H30N4. The van der Waals surface area contributed by atoms with Crippen molar-refractivity contribution in [3.05, 3.63) is 11.9 Å². The molecule has 4 nitrogen and oxygen atoms in total. The zero-order valence-electron chi connectivity index (χ0n) is 13.3. The van der Waals surface area contributed by atoms with Crippen LogP contribution in [0.3, 0.4) is 0 Å². The highest BCUT2D eigenvalue weighted by molar-refractivity contribution is 4.95. The molecule has 0 aliphatic heterocycles.